The van der Waals surface area contributed by atoms with E-state index in [1.165, 1.54) is 12.1 Å². The standard InChI is InChI=1S/C11H16N2O4S/c1-2-18(16,17)9-5-3-8(4-6-9)10(7-14)13-11(12)15/h3-6,10,14H,2,7H2,1H3,(H3,12,13,15). The highest BCUT2D eigenvalue weighted by atomic mass is 32.2. The summed E-state index contributed by atoms with van der Waals surface area (Å²) in [7, 11) is -3.24. The number of rotatable bonds is 5. The van der Waals surface area contributed by atoms with Crippen molar-refractivity contribution in [1.29, 1.82) is 0 Å². The van der Waals surface area contributed by atoms with E-state index in [0.717, 1.165) is 0 Å². The molecule has 2 amide bonds. The van der Waals surface area contributed by atoms with Gasteiger partial charge in [0.15, 0.2) is 9.84 Å². The Labute approximate surface area is 106 Å². The molecule has 6 nitrogen and oxygen atoms in total. The second-order valence-electron chi connectivity index (χ2n) is 3.72. The second kappa shape index (κ2) is 5.83. The van der Waals surface area contributed by atoms with Crippen LogP contribution in [0, 0.1) is 0 Å². The molecule has 1 unspecified atom stereocenters. The number of amides is 2. The summed E-state index contributed by atoms with van der Waals surface area (Å²) in [5, 5.41) is 11.5. The molecule has 0 heterocycles. The SMILES string of the molecule is CCS(=O)(=O)c1ccc(C(CO)NC(N)=O)cc1. The van der Waals surface area contributed by atoms with Crippen LogP contribution in [0.2, 0.25) is 0 Å². The van der Waals surface area contributed by atoms with Gasteiger partial charge < -0.3 is 16.2 Å². The van der Waals surface area contributed by atoms with Crippen LogP contribution in [0.15, 0.2) is 29.2 Å². The average molecular weight is 272 g/mol. The van der Waals surface area contributed by atoms with Gasteiger partial charge in [0.05, 0.1) is 23.3 Å². The second-order valence-corrected chi connectivity index (χ2v) is 5.99. The van der Waals surface area contributed by atoms with Crippen LogP contribution >= 0.6 is 0 Å². The van der Waals surface area contributed by atoms with Crippen molar-refractivity contribution in [2.24, 2.45) is 5.73 Å². The molecule has 0 fully saturated rings. The number of carbonyl (C=O) groups is 1. The predicted molar refractivity (Wildman–Crippen MR) is 66.7 cm³/mol. The number of hydrogen-bond donors (Lipinski definition) is 3. The first kappa shape index (κ1) is 14.5. The van der Waals surface area contributed by atoms with E-state index in [1.54, 1.807) is 19.1 Å². The van der Waals surface area contributed by atoms with E-state index in [4.69, 9.17) is 10.8 Å². The van der Waals surface area contributed by atoms with Crippen molar-refractivity contribution in [3.63, 3.8) is 0 Å². The predicted octanol–water partition coefficient (Wildman–Crippen LogP) is 0.182. The Morgan fingerprint density at radius 2 is 1.94 bits per heavy atom. The minimum absolute atomic E-state index is 0.0231. The Bertz CT molecular complexity index is 510. The lowest BCUT2D eigenvalue weighted by atomic mass is 10.1. The summed E-state index contributed by atoms with van der Waals surface area (Å²) in [5.41, 5.74) is 5.56. The zero-order valence-corrected chi connectivity index (χ0v) is 10.8. The van der Waals surface area contributed by atoms with Crippen LogP contribution < -0.4 is 11.1 Å². The molecule has 1 aromatic rings. The molecule has 4 N–H and O–H groups in total. The number of aliphatic hydroxyl groups excluding tert-OH is 1. The molecule has 100 valence electrons. The number of carbonyl (C=O) groups excluding carboxylic acids is 1. The van der Waals surface area contributed by atoms with Crippen molar-refractivity contribution in [2.45, 2.75) is 17.9 Å². The molecule has 1 atom stereocenters. The van der Waals surface area contributed by atoms with Gasteiger partial charge in [-0.25, -0.2) is 13.2 Å². The molecule has 1 aromatic carbocycles. The van der Waals surface area contributed by atoms with Crippen LogP contribution in [0.4, 0.5) is 4.79 Å². The largest absolute Gasteiger partial charge is 0.394 e. The lowest BCUT2D eigenvalue weighted by Crippen LogP contribution is -2.34. The highest BCUT2D eigenvalue weighted by Gasteiger charge is 2.15. The fraction of sp³-hybridized carbons (Fsp3) is 0.364. The minimum atomic E-state index is -3.24. The molecular formula is C11H16N2O4S. The first-order valence-corrected chi connectivity index (χ1v) is 7.05. The molecule has 1 rings (SSSR count). The number of hydrogen-bond acceptors (Lipinski definition) is 4. The van der Waals surface area contributed by atoms with E-state index in [1.807, 2.05) is 0 Å². The molecule has 0 aliphatic heterocycles. The van der Waals surface area contributed by atoms with Crippen molar-refractivity contribution < 1.29 is 18.3 Å². The number of primary amides is 1. The lowest BCUT2D eigenvalue weighted by molar-refractivity contribution is 0.223. The molecule has 0 aliphatic rings. The summed E-state index contributed by atoms with van der Waals surface area (Å²) >= 11 is 0. The summed E-state index contributed by atoms with van der Waals surface area (Å²) < 4.78 is 23.2. The van der Waals surface area contributed by atoms with Gasteiger partial charge in [-0.2, -0.15) is 0 Å². The Hall–Kier alpha value is -1.60. The summed E-state index contributed by atoms with van der Waals surface area (Å²) in [5.74, 6) is 0.0231. The van der Waals surface area contributed by atoms with Gasteiger partial charge in [-0.3, -0.25) is 0 Å². The van der Waals surface area contributed by atoms with E-state index in [-0.39, 0.29) is 17.3 Å². The van der Waals surface area contributed by atoms with Crippen LogP contribution in [-0.4, -0.2) is 31.9 Å². The fourth-order valence-electron chi connectivity index (χ4n) is 1.48. The van der Waals surface area contributed by atoms with Crippen molar-refractivity contribution >= 4 is 15.9 Å². The van der Waals surface area contributed by atoms with Gasteiger partial charge in [-0.1, -0.05) is 19.1 Å². The van der Waals surface area contributed by atoms with E-state index < -0.39 is 21.9 Å². The molecular weight excluding hydrogens is 256 g/mol. The first-order chi connectivity index (χ1) is 8.40. The monoisotopic (exact) mass is 272 g/mol. The topological polar surface area (TPSA) is 109 Å². The fourth-order valence-corrected chi connectivity index (χ4v) is 2.36. The smallest absolute Gasteiger partial charge is 0.312 e. The zero-order valence-electron chi connectivity index (χ0n) is 9.96. The van der Waals surface area contributed by atoms with Crippen LogP contribution in [0.5, 0.6) is 0 Å². The summed E-state index contributed by atoms with van der Waals surface area (Å²) in [4.78, 5) is 10.9. The van der Waals surface area contributed by atoms with Gasteiger partial charge in [0.1, 0.15) is 0 Å². The molecule has 0 aromatic heterocycles. The number of nitrogens with two attached hydrogens (primary N) is 1. The third-order valence-electron chi connectivity index (χ3n) is 2.52. The maximum Gasteiger partial charge on any atom is 0.312 e. The van der Waals surface area contributed by atoms with Gasteiger partial charge in [0, 0.05) is 0 Å². The molecule has 7 heteroatoms. The van der Waals surface area contributed by atoms with Crippen molar-refractivity contribution in [1.82, 2.24) is 5.32 Å². The number of urea groups is 1. The maximum absolute atomic E-state index is 11.6. The maximum atomic E-state index is 11.6. The van der Waals surface area contributed by atoms with E-state index >= 15 is 0 Å². The molecule has 0 radical (unpaired) electrons. The molecule has 0 saturated carbocycles. The molecule has 0 bridgehead atoms. The van der Waals surface area contributed by atoms with E-state index in [9.17, 15) is 13.2 Å². The lowest BCUT2D eigenvalue weighted by Gasteiger charge is -2.15. The van der Waals surface area contributed by atoms with Crippen molar-refractivity contribution in [3.8, 4) is 0 Å². The van der Waals surface area contributed by atoms with Gasteiger partial charge in [0.25, 0.3) is 0 Å². The Balaban J connectivity index is 2.98. The van der Waals surface area contributed by atoms with Gasteiger partial charge in [0.2, 0.25) is 0 Å². The van der Waals surface area contributed by atoms with E-state index in [0.29, 0.717) is 5.56 Å². The highest BCUT2D eigenvalue weighted by molar-refractivity contribution is 7.91. The van der Waals surface area contributed by atoms with E-state index in [2.05, 4.69) is 5.32 Å². The quantitative estimate of drug-likeness (QED) is 0.710. The van der Waals surface area contributed by atoms with Crippen LogP contribution in [-0.2, 0) is 9.84 Å². The Morgan fingerprint density at radius 3 is 2.33 bits per heavy atom. The number of sulfone groups is 1. The molecule has 0 saturated heterocycles. The first-order valence-electron chi connectivity index (χ1n) is 5.40. The number of aliphatic hydroxyl groups is 1. The summed E-state index contributed by atoms with van der Waals surface area (Å²) in [6.07, 6.45) is 0. The third kappa shape index (κ3) is 3.44. The molecule has 0 aliphatic carbocycles. The molecule has 18 heavy (non-hydrogen) atoms. The van der Waals surface area contributed by atoms with Crippen molar-refractivity contribution in [3.05, 3.63) is 29.8 Å². The average Bonchev–Trinajstić information content (AvgIpc) is 2.36. The normalized spacial score (nSPS) is 13.0. The van der Waals surface area contributed by atoms with Crippen LogP contribution in [0.1, 0.15) is 18.5 Å². The van der Waals surface area contributed by atoms with Crippen LogP contribution in [0.25, 0.3) is 0 Å². The van der Waals surface area contributed by atoms with Crippen molar-refractivity contribution in [2.75, 3.05) is 12.4 Å². The number of benzene rings is 1. The number of nitrogens with one attached hydrogen (secondary N) is 1. The molecule has 0 spiro atoms. The third-order valence-corrected chi connectivity index (χ3v) is 4.27. The van der Waals surface area contributed by atoms with Gasteiger partial charge in [-0.15, -0.1) is 0 Å². The Kier molecular flexibility index (Phi) is 4.69. The van der Waals surface area contributed by atoms with Gasteiger partial charge in [-0.05, 0) is 17.7 Å². The highest BCUT2D eigenvalue weighted by Crippen LogP contribution is 2.17. The van der Waals surface area contributed by atoms with Gasteiger partial charge >= 0.3 is 6.03 Å². The van der Waals surface area contributed by atoms with Crippen LogP contribution in [0.3, 0.4) is 0 Å². The Morgan fingerprint density at radius 1 is 1.39 bits per heavy atom. The minimum Gasteiger partial charge on any atom is -0.394 e. The summed E-state index contributed by atoms with van der Waals surface area (Å²) in [6, 6.07) is 4.58. The zero-order chi connectivity index (χ0) is 13.8. The summed E-state index contributed by atoms with van der Waals surface area (Å²) in [6.45, 7) is 1.25.